The highest BCUT2D eigenvalue weighted by atomic mass is 16.2. The largest absolute Gasteiger partial charge is 0.324 e. The highest BCUT2D eigenvalue weighted by Gasteiger charge is 2.34. The van der Waals surface area contributed by atoms with Gasteiger partial charge in [0.2, 0.25) is 5.91 Å². The van der Waals surface area contributed by atoms with Gasteiger partial charge in [0.05, 0.1) is 11.3 Å². The summed E-state index contributed by atoms with van der Waals surface area (Å²) in [6.07, 6.45) is 1.65. The van der Waals surface area contributed by atoms with E-state index in [0.717, 1.165) is 25.9 Å². The van der Waals surface area contributed by atoms with Crippen molar-refractivity contribution in [3.05, 3.63) is 29.8 Å². The van der Waals surface area contributed by atoms with Gasteiger partial charge in [0, 0.05) is 5.41 Å². The molecule has 1 fully saturated rings. The van der Waals surface area contributed by atoms with Crippen LogP contribution in [0.25, 0.3) is 0 Å². The molecule has 1 aliphatic heterocycles. The van der Waals surface area contributed by atoms with E-state index in [1.165, 1.54) is 0 Å². The minimum Gasteiger partial charge on any atom is -0.324 e. The molecule has 0 spiro atoms. The molecule has 1 aromatic rings. The molecule has 1 aliphatic rings. The molecule has 0 unspecified atom stereocenters. The van der Waals surface area contributed by atoms with Crippen LogP contribution in [0, 0.1) is 16.7 Å². The van der Waals surface area contributed by atoms with Crippen LogP contribution in [0.2, 0.25) is 0 Å². The van der Waals surface area contributed by atoms with Gasteiger partial charge in [-0.05, 0) is 38.1 Å². The molecular weight excluding hydrogens is 226 g/mol. The molecular formula is C14H17N3O. The van der Waals surface area contributed by atoms with Crippen molar-refractivity contribution in [2.24, 2.45) is 5.41 Å². The lowest BCUT2D eigenvalue weighted by Gasteiger charge is -2.32. The lowest BCUT2D eigenvalue weighted by molar-refractivity contribution is -0.126. The summed E-state index contributed by atoms with van der Waals surface area (Å²) >= 11 is 0. The lowest BCUT2D eigenvalue weighted by Crippen LogP contribution is -2.42. The topological polar surface area (TPSA) is 64.9 Å². The Labute approximate surface area is 107 Å². The molecule has 1 heterocycles. The van der Waals surface area contributed by atoms with Crippen molar-refractivity contribution in [1.82, 2.24) is 5.32 Å². The summed E-state index contributed by atoms with van der Waals surface area (Å²) in [4.78, 5) is 12.3. The molecule has 1 aromatic carbocycles. The molecule has 2 rings (SSSR count). The van der Waals surface area contributed by atoms with E-state index in [1.807, 2.05) is 13.0 Å². The van der Waals surface area contributed by atoms with Gasteiger partial charge in [-0.1, -0.05) is 19.1 Å². The number of piperidine rings is 1. The Bertz CT molecular complexity index is 484. The summed E-state index contributed by atoms with van der Waals surface area (Å²) in [5.41, 5.74) is 0.765. The monoisotopic (exact) mass is 243 g/mol. The second kappa shape index (κ2) is 5.19. The maximum atomic E-state index is 12.3. The van der Waals surface area contributed by atoms with E-state index in [9.17, 15) is 4.79 Å². The van der Waals surface area contributed by atoms with Crippen molar-refractivity contribution in [3.63, 3.8) is 0 Å². The summed E-state index contributed by atoms with van der Waals surface area (Å²) in [6, 6.07) is 9.18. The third kappa shape index (κ3) is 2.52. The van der Waals surface area contributed by atoms with Crippen LogP contribution in [0.3, 0.4) is 0 Å². The predicted octanol–water partition coefficient (Wildman–Crippen LogP) is 1.89. The number of para-hydroxylation sites is 1. The molecule has 94 valence electrons. The van der Waals surface area contributed by atoms with Crippen LogP contribution in [-0.2, 0) is 4.79 Å². The van der Waals surface area contributed by atoms with Gasteiger partial charge in [-0.25, -0.2) is 0 Å². The van der Waals surface area contributed by atoms with Crippen LogP contribution in [0.5, 0.6) is 0 Å². The number of carbonyl (C=O) groups is 1. The second-order valence-corrected chi connectivity index (χ2v) is 4.92. The molecule has 0 aliphatic carbocycles. The van der Waals surface area contributed by atoms with Crippen LogP contribution in [0.1, 0.15) is 25.3 Å². The third-order valence-corrected chi connectivity index (χ3v) is 3.55. The summed E-state index contributed by atoms with van der Waals surface area (Å²) in [6.45, 7) is 3.71. The van der Waals surface area contributed by atoms with Crippen molar-refractivity contribution in [2.45, 2.75) is 19.8 Å². The molecule has 0 saturated carbocycles. The van der Waals surface area contributed by atoms with Gasteiger partial charge in [-0.3, -0.25) is 4.79 Å². The smallest absolute Gasteiger partial charge is 0.230 e. The third-order valence-electron chi connectivity index (χ3n) is 3.55. The van der Waals surface area contributed by atoms with E-state index >= 15 is 0 Å². The maximum absolute atomic E-state index is 12.3. The second-order valence-electron chi connectivity index (χ2n) is 4.92. The zero-order valence-corrected chi connectivity index (χ0v) is 10.5. The molecule has 1 saturated heterocycles. The number of rotatable bonds is 2. The predicted molar refractivity (Wildman–Crippen MR) is 70.0 cm³/mol. The van der Waals surface area contributed by atoms with Crippen molar-refractivity contribution in [3.8, 4) is 6.07 Å². The molecule has 0 radical (unpaired) electrons. The maximum Gasteiger partial charge on any atom is 0.230 e. The minimum atomic E-state index is -0.339. The quantitative estimate of drug-likeness (QED) is 0.833. The zero-order valence-electron chi connectivity index (χ0n) is 10.5. The summed E-state index contributed by atoms with van der Waals surface area (Å²) in [7, 11) is 0. The van der Waals surface area contributed by atoms with E-state index in [-0.39, 0.29) is 11.3 Å². The van der Waals surface area contributed by atoms with Crippen LogP contribution in [-0.4, -0.2) is 19.0 Å². The number of amides is 1. The van der Waals surface area contributed by atoms with Gasteiger partial charge in [0.15, 0.2) is 0 Å². The first-order chi connectivity index (χ1) is 8.65. The fourth-order valence-corrected chi connectivity index (χ4v) is 2.17. The number of anilines is 1. The van der Waals surface area contributed by atoms with Crippen LogP contribution in [0.4, 0.5) is 5.69 Å². The summed E-state index contributed by atoms with van der Waals surface area (Å²) < 4.78 is 0. The van der Waals surface area contributed by atoms with Gasteiger partial charge in [-0.15, -0.1) is 0 Å². The highest BCUT2D eigenvalue weighted by Crippen LogP contribution is 2.30. The Balaban J connectivity index is 2.14. The number of hydrogen-bond acceptors (Lipinski definition) is 3. The van der Waals surface area contributed by atoms with Crippen molar-refractivity contribution < 1.29 is 4.79 Å². The Morgan fingerprint density at radius 1 is 1.39 bits per heavy atom. The number of nitriles is 1. The molecule has 4 heteroatoms. The van der Waals surface area contributed by atoms with Crippen molar-refractivity contribution >= 4 is 11.6 Å². The zero-order chi connectivity index (χ0) is 13.0. The van der Waals surface area contributed by atoms with Crippen molar-refractivity contribution in [1.29, 1.82) is 5.26 Å². The Morgan fingerprint density at radius 3 is 2.72 bits per heavy atom. The molecule has 0 atom stereocenters. The van der Waals surface area contributed by atoms with Crippen LogP contribution >= 0.6 is 0 Å². The van der Waals surface area contributed by atoms with Gasteiger partial charge in [0.1, 0.15) is 6.07 Å². The minimum absolute atomic E-state index is 0.00620. The highest BCUT2D eigenvalue weighted by molar-refractivity contribution is 5.96. The molecule has 4 nitrogen and oxygen atoms in total. The Hall–Kier alpha value is -1.86. The normalized spacial score (nSPS) is 17.8. The van der Waals surface area contributed by atoms with Gasteiger partial charge in [-0.2, -0.15) is 5.26 Å². The standard InChI is InChI=1S/C14H17N3O/c1-14(6-8-16-9-7-14)13(18)17-12-5-3-2-4-11(12)10-15/h2-5,16H,6-9H2,1H3,(H,17,18). The lowest BCUT2D eigenvalue weighted by atomic mass is 9.80. The van der Waals surface area contributed by atoms with E-state index in [2.05, 4.69) is 16.7 Å². The molecule has 18 heavy (non-hydrogen) atoms. The summed E-state index contributed by atoms with van der Waals surface area (Å²) in [5, 5.41) is 15.1. The Morgan fingerprint density at radius 2 is 2.06 bits per heavy atom. The van der Waals surface area contributed by atoms with Gasteiger partial charge >= 0.3 is 0 Å². The number of nitrogens with zero attached hydrogens (tertiary/aromatic N) is 1. The van der Waals surface area contributed by atoms with Crippen LogP contribution < -0.4 is 10.6 Å². The van der Waals surface area contributed by atoms with E-state index in [1.54, 1.807) is 18.2 Å². The first-order valence-corrected chi connectivity index (χ1v) is 6.17. The van der Waals surface area contributed by atoms with E-state index in [4.69, 9.17) is 5.26 Å². The van der Waals surface area contributed by atoms with Gasteiger partial charge < -0.3 is 10.6 Å². The Kier molecular flexibility index (Phi) is 3.63. The number of carbonyl (C=O) groups excluding carboxylic acids is 1. The molecule has 0 aromatic heterocycles. The fourth-order valence-electron chi connectivity index (χ4n) is 2.17. The molecule has 1 amide bonds. The summed E-state index contributed by atoms with van der Waals surface area (Å²) in [5.74, 6) is 0.00620. The number of nitrogens with one attached hydrogen (secondary N) is 2. The SMILES string of the molecule is CC1(C(=O)Nc2ccccc2C#N)CCNCC1. The molecule has 2 N–H and O–H groups in total. The fraction of sp³-hybridized carbons (Fsp3) is 0.429. The van der Waals surface area contributed by atoms with Crippen molar-refractivity contribution in [2.75, 3.05) is 18.4 Å². The number of benzene rings is 1. The first-order valence-electron chi connectivity index (χ1n) is 6.17. The van der Waals surface area contributed by atoms with Gasteiger partial charge in [0.25, 0.3) is 0 Å². The van der Waals surface area contributed by atoms with E-state index in [0.29, 0.717) is 11.3 Å². The van der Waals surface area contributed by atoms with E-state index < -0.39 is 0 Å². The first kappa shape index (κ1) is 12.6. The molecule has 0 bridgehead atoms. The average Bonchev–Trinajstić information content (AvgIpc) is 2.40. The number of hydrogen-bond donors (Lipinski definition) is 2. The average molecular weight is 243 g/mol. The van der Waals surface area contributed by atoms with Crippen LogP contribution in [0.15, 0.2) is 24.3 Å².